The summed E-state index contributed by atoms with van der Waals surface area (Å²) in [4.78, 5) is 4.71. The summed E-state index contributed by atoms with van der Waals surface area (Å²) in [6.45, 7) is 6.08. The van der Waals surface area contributed by atoms with Gasteiger partial charge in [-0.15, -0.1) is 0 Å². The lowest BCUT2D eigenvalue weighted by Gasteiger charge is -2.22. The van der Waals surface area contributed by atoms with Crippen LogP contribution in [0.1, 0.15) is 23.1 Å². The lowest BCUT2D eigenvalue weighted by Crippen LogP contribution is -2.10. The number of pyridine rings is 1. The fourth-order valence-electron chi connectivity index (χ4n) is 3.37. The maximum atomic E-state index is 13.8. The molecule has 0 unspecified atom stereocenters. The normalized spacial score (nSPS) is 14.3. The van der Waals surface area contributed by atoms with E-state index in [-0.39, 0.29) is 5.82 Å². The molecule has 0 saturated heterocycles. The van der Waals surface area contributed by atoms with Gasteiger partial charge in [0, 0.05) is 5.56 Å². The van der Waals surface area contributed by atoms with Gasteiger partial charge in [-0.2, -0.15) is 5.10 Å². The Morgan fingerprint density at radius 1 is 1.26 bits per heavy atom. The van der Waals surface area contributed by atoms with E-state index in [0.717, 1.165) is 52.6 Å². The molecule has 1 aromatic carbocycles. The van der Waals surface area contributed by atoms with Crippen LogP contribution >= 0.6 is 0 Å². The van der Waals surface area contributed by atoms with Crippen LogP contribution in [0.3, 0.4) is 0 Å². The Labute approximate surface area is 133 Å². The molecule has 2 heterocycles. The number of nitrogens with one attached hydrogen (secondary N) is 1. The van der Waals surface area contributed by atoms with E-state index in [1.807, 2.05) is 6.92 Å². The summed E-state index contributed by atoms with van der Waals surface area (Å²) >= 11 is 0. The Morgan fingerprint density at radius 3 is 2.91 bits per heavy atom. The first-order valence-electron chi connectivity index (χ1n) is 7.63. The van der Waals surface area contributed by atoms with Crippen LogP contribution in [0.25, 0.3) is 22.3 Å². The second kappa shape index (κ2) is 4.91. The number of nitrogens with zero attached hydrogens (tertiary/aromatic N) is 2. The lowest BCUT2D eigenvalue weighted by atomic mass is 9.84. The molecule has 0 saturated carbocycles. The maximum Gasteiger partial charge on any atom is 0.158 e. The molecule has 3 aromatic rings. The van der Waals surface area contributed by atoms with Gasteiger partial charge in [0.15, 0.2) is 11.5 Å². The molecule has 0 bridgehead atoms. The number of nitrogen functional groups attached to an aromatic ring is 1. The Hall–Kier alpha value is -2.69. The second-order valence-corrected chi connectivity index (χ2v) is 6.14. The van der Waals surface area contributed by atoms with E-state index < -0.39 is 0 Å². The van der Waals surface area contributed by atoms with Gasteiger partial charge in [0.25, 0.3) is 0 Å². The monoisotopic (exact) mass is 308 g/mol. The quantitative estimate of drug-likeness (QED) is 0.674. The zero-order chi connectivity index (χ0) is 16.1. The van der Waals surface area contributed by atoms with Gasteiger partial charge in [-0.25, -0.2) is 9.37 Å². The molecule has 4 rings (SSSR count). The first kappa shape index (κ1) is 13.9. The molecule has 0 amide bonds. The highest BCUT2D eigenvalue weighted by Crippen LogP contribution is 2.38. The SMILES string of the molecule is C=C1CCc2c(-c3cc(F)ccc3C)nc3[nH]nc(N)c3c2C1. The number of H-pyrrole nitrogens is 1. The van der Waals surface area contributed by atoms with E-state index in [0.29, 0.717) is 11.5 Å². The van der Waals surface area contributed by atoms with Crippen molar-refractivity contribution in [2.45, 2.75) is 26.2 Å². The zero-order valence-electron chi connectivity index (χ0n) is 12.9. The van der Waals surface area contributed by atoms with Crippen LogP contribution in [0.5, 0.6) is 0 Å². The minimum Gasteiger partial charge on any atom is -0.382 e. The molecule has 0 spiro atoms. The number of anilines is 1. The average Bonchev–Trinajstić information content (AvgIpc) is 2.90. The molecular weight excluding hydrogens is 291 g/mol. The Kier molecular flexibility index (Phi) is 2.98. The highest BCUT2D eigenvalue weighted by atomic mass is 19.1. The van der Waals surface area contributed by atoms with Crippen molar-refractivity contribution < 1.29 is 4.39 Å². The summed E-state index contributed by atoms with van der Waals surface area (Å²) in [7, 11) is 0. The lowest BCUT2D eigenvalue weighted by molar-refractivity contribution is 0.628. The van der Waals surface area contributed by atoms with Crippen molar-refractivity contribution in [3.63, 3.8) is 0 Å². The van der Waals surface area contributed by atoms with Crippen LogP contribution in [-0.2, 0) is 12.8 Å². The van der Waals surface area contributed by atoms with Crippen LogP contribution in [-0.4, -0.2) is 15.2 Å². The van der Waals surface area contributed by atoms with Crippen molar-refractivity contribution in [3.05, 3.63) is 52.9 Å². The van der Waals surface area contributed by atoms with Crippen molar-refractivity contribution >= 4 is 16.9 Å². The Morgan fingerprint density at radius 2 is 2.09 bits per heavy atom. The van der Waals surface area contributed by atoms with Gasteiger partial charge < -0.3 is 5.73 Å². The number of allylic oxidation sites excluding steroid dienone is 1. The molecule has 4 nitrogen and oxygen atoms in total. The maximum absolute atomic E-state index is 13.8. The third-order valence-electron chi connectivity index (χ3n) is 4.56. The summed E-state index contributed by atoms with van der Waals surface area (Å²) in [6, 6.07) is 4.80. The fraction of sp³-hybridized carbons (Fsp3) is 0.222. The van der Waals surface area contributed by atoms with Gasteiger partial charge in [-0.05, 0) is 55.0 Å². The zero-order valence-corrected chi connectivity index (χ0v) is 12.9. The first-order valence-corrected chi connectivity index (χ1v) is 7.63. The number of rotatable bonds is 1. The van der Waals surface area contributed by atoms with E-state index in [2.05, 4.69) is 16.8 Å². The van der Waals surface area contributed by atoms with Crippen LogP contribution in [0.2, 0.25) is 0 Å². The summed E-state index contributed by atoms with van der Waals surface area (Å²) in [6.07, 6.45) is 2.52. The number of halogens is 1. The minimum absolute atomic E-state index is 0.259. The molecule has 0 fully saturated rings. The Balaban J connectivity index is 2.08. The highest BCUT2D eigenvalue weighted by Gasteiger charge is 2.24. The third kappa shape index (κ3) is 2.11. The van der Waals surface area contributed by atoms with Gasteiger partial charge >= 0.3 is 0 Å². The molecule has 5 heteroatoms. The summed E-state index contributed by atoms with van der Waals surface area (Å²) in [5.41, 5.74) is 12.7. The van der Waals surface area contributed by atoms with Crippen molar-refractivity contribution in [1.29, 1.82) is 0 Å². The minimum atomic E-state index is -0.259. The van der Waals surface area contributed by atoms with Gasteiger partial charge in [-0.1, -0.05) is 18.2 Å². The second-order valence-electron chi connectivity index (χ2n) is 6.14. The van der Waals surface area contributed by atoms with Crippen LogP contribution in [0, 0.1) is 12.7 Å². The molecule has 116 valence electrons. The number of fused-ring (bicyclic) bond motifs is 3. The van der Waals surface area contributed by atoms with Gasteiger partial charge in [-0.3, -0.25) is 5.10 Å². The van der Waals surface area contributed by atoms with E-state index in [9.17, 15) is 4.39 Å². The number of aromatic amines is 1. The fourth-order valence-corrected chi connectivity index (χ4v) is 3.37. The molecule has 1 aliphatic rings. The predicted molar refractivity (Wildman–Crippen MR) is 89.6 cm³/mol. The predicted octanol–water partition coefficient (Wildman–Crippen LogP) is 3.70. The van der Waals surface area contributed by atoms with E-state index >= 15 is 0 Å². The number of aryl methyl sites for hydroxylation is 1. The number of hydrogen-bond acceptors (Lipinski definition) is 3. The van der Waals surface area contributed by atoms with Crippen LogP contribution < -0.4 is 5.73 Å². The molecule has 0 aliphatic heterocycles. The molecule has 1 aliphatic carbocycles. The van der Waals surface area contributed by atoms with Crippen LogP contribution in [0.4, 0.5) is 10.2 Å². The van der Waals surface area contributed by atoms with E-state index in [1.54, 1.807) is 12.1 Å². The summed E-state index contributed by atoms with van der Waals surface area (Å²) in [5.74, 6) is 0.201. The topological polar surface area (TPSA) is 67.6 Å². The van der Waals surface area contributed by atoms with Crippen molar-refractivity contribution in [3.8, 4) is 11.3 Å². The highest BCUT2D eigenvalue weighted by molar-refractivity contribution is 5.93. The van der Waals surface area contributed by atoms with E-state index in [1.165, 1.54) is 11.6 Å². The summed E-state index contributed by atoms with van der Waals surface area (Å²) in [5, 5.41) is 7.85. The molecular formula is C18H17FN4. The van der Waals surface area contributed by atoms with Crippen molar-refractivity contribution in [1.82, 2.24) is 15.2 Å². The standard InChI is InChI=1S/C18H17FN4/c1-9-3-6-12-14(7-9)15-17(20)22-23-18(15)21-16(12)13-8-11(19)5-4-10(13)2/h4-5,8H,1,3,6-7H2,2H3,(H3,20,21,22,23). The first-order chi connectivity index (χ1) is 11.0. The van der Waals surface area contributed by atoms with Gasteiger partial charge in [0.1, 0.15) is 5.82 Å². The van der Waals surface area contributed by atoms with Crippen molar-refractivity contribution in [2.75, 3.05) is 5.73 Å². The molecule has 0 radical (unpaired) electrons. The molecule has 2 aromatic heterocycles. The average molecular weight is 308 g/mol. The third-order valence-corrected chi connectivity index (χ3v) is 4.56. The number of nitrogens with two attached hydrogens (primary N) is 1. The van der Waals surface area contributed by atoms with Gasteiger partial charge in [0.05, 0.1) is 11.1 Å². The Bertz CT molecular complexity index is 955. The smallest absolute Gasteiger partial charge is 0.158 e. The van der Waals surface area contributed by atoms with Gasteiger partial charge in [0.2, 0.25) is 0 Å². The number of benzene rings is 1. The molecule has 23 heavy (non-hydrogen) atoms. The largest absolute Gasteiger partial charge is 0.382 e. The van der Waals surface area contributed by atoms with Crippen LogP contribution in [0.15, 0.2) is 30.4 Å². The molecule has 3 N–H and O–H groups in total. The number of aromatic nitrogens is 3. The number of hydrogen-bond donors (Lipinski definition) is 2. The summed E-state index contributed by atoms with van der Waals surface area (Å²) < 4.78 is 13.8. The van der Waals surface area contributed by atoms with E-state index in [4.69, 9.17) is 10.7 Å². The van der Waals surface area contributed by atoms with Crippen molar-refractivity contribution in [2.24, 2.45) is 0 Å². The molecule has 0 atom stereocenters.